The van der Waals surface area contributed by atoms with Gasteiger partial charge in [-0.05, 0) is 38.1 Å². The Balaban J connectivity index is 2.16. The smallest absolute Gasteiger partial charge is 0.224 e. The molecule has 5 heteroatoms. The molecule has 0 saturated carbocycles. The highest BCUT2D eigenvalue weighted by Gasteiger charge is 2.02. The van der Waals surface area contributed by atoms with E-state index in [1.54, 1.807) is 0 Å². The van der Waals surface area contributed by atoms with Gasteiger partial charge in [-0.2, -0.15) is 4.98 Å². The van der Waals surface area contributed by atoms with Crippen LogP contribution in [0.1, 0.15) is 12.6 Å². The van der Waals surface area contributed by atoms with Crippen LogP contribution in [0.4, 0.5) is 23.1 Å². The van der Waals surface area contributed by atoms with E-state index in [9.17, 15) is 0 Å². The molecule has 0 saturated heterocycles. The molecule has 2 rings (SSSR count). The summed E-state index contributed by atoms with van der Waals surface area (Å²) in [6.45, 7) is 4.79. The quantitative estimate of drug-likeness (QED) is 0.875. The summed E-state index contributed by atoms with van der Waals surface area (Å²) in [6.07, 6.45) is 0. The van der Waals surface area contributed by atoms with Crippen LogP contribution in [0, 0.1) is 6.92 Å². The van der Waals surface area contributed by atoms with Crippen molar-refractivity contribution < 1.29 is 0 Å². The Morgan fingerprint density at radius 1 is 1.10 bits per heavy atom. The molecule has 0 amide bonds. The van der Waals surface area contributed by atoms with E-state index >= 15 is 0 Å². The van der Waals surface area contributed by atoms with Crippen molar-refractivity contribution in [2.45, 2.75) is 13.8 Å². The van der Waals surface area contributed by atoms with E-state index in [1.165, 1.54) is 5.69 Å². The zero-order chi connectivity index (χ0) is 14.5. The highest BCUT2D eigenvalue weighted by atomic mass is 15.1. The molecule has 0 spiro atoms. The zero-order valence-electron chi connectivity index (χ0n) is 12.4. The minimum absolute atomic E-state index is 0.653. The fraction of sp³-hybridized carbons (Fsp3) is 0.333. The Hall–Kier alpha value is -2.30. The van der Waals surface area contributed by atoms with Crippen LogP contribution in [0.2, 0.25) is 0 Å². The van der Waals surface area contributed by atoms with Crippen molar-refractivity contribution >= 4 is 23.1 Å². The van der Waals surface area contributed by atoms with Crippen molar-refractivity contribution in [3.8, 4) is 0 Å². The molecule has 2 N–H and O–H groups in total. The Morgan fingerprint density at radius 2 is 1.80 bits per heavy atom. The summed E-state index contributed by atoms with van der Waals surface area (Å²) < 4.78 is 0. The number of aromatic nitrogens is 2. The first-order valence-electron chi connectivity index (χ1n) is 6.72. The van der Waals surface area contributed by atoms with E-state index in [4.69, 9.17) is 0 Å². The van der Waals surface area contributed by atoms with Gasteiger partial charge < -0.3 is 15.5 Å². The van der Waals surface area contributed by atoms with Crippen LogP contribution in [0.15, 0.2) is 30.3 Å². The van der Waals surface area contributed by atoms with Gasteiger partial charge in [-0.15, -0.1) is 0 Å². The van der Waals surface area contributed by atoms with Crippen LogP contribution in [0.3, 0.4) is 0 Å². The number of nitrogens with zero attached hydrogens (tertiary/aromatic N) is 3. The van der Waals surface area contributed by atoms with Crippen molar-refractivity contribution in [1.29, 1.82) is 0 Å². The Morgan fingerprint density at radius 3 is 2.40 bits per heavy atom. The normalized spacial score (nSPS) is 10.2. The lowest BCUT2D eigenvalue weighted by molar-refractivity contribution is 1.05. The maximum absolute atomic E-state index is 4.43. The zero-order valence-corrected chi connectivity index (χ0v) is 12.4. The van der Waals surface area contributed by atoms with Crippen LogP contribution in [-0.2, 0) is 0 Å². The van der Waals surface area contributed by atoms with Crippen molar-refractivity contribution in [2.24, 2.45) is 0 Å². The third kappa shape index (κ3) is 3.60. The van der Waals surface area contributed by atoms with E-state index in [0.717, 1.165) is 23.7 Å². The number of benzene rings is 1. The Bertz CT molecular complexity index is 563. The van der Waals surface area contributed by atoms with Crippen molar-refractivity contribution in [3.05, 3.63) is 36.0 Å². The first-order chi connectivity index (χ1) is 9.58. The molecule has 1 heterocycles. The molecule has 1 aromatic carbocycles. The predicted octanol–water partition coefficient (Wildman–Crippen LogP) is 3.03. The summed E-state index contributed by atoms with van der Waals surface area (Å²) in [5.74, 6) is 1.45. The minimum Gasteiger partial charge on any atom is -0.378 e. The molecule has 0 bridgehead atoms. The van der Waals surface area contributed by atoms with Gasteiger partial charge in [0.1, 0.15) is 5.82 Å². The first kappa shape index (κ1) is 14.1. The lowest BCUT2D eigenvalue weighted by Gasteiger charge is -2.13. The summed E-state index contributed by atoms with van der Waals surface area (Å²) in [5.41, 5.74) is 3.11. The van der Waals surface area contributed by atoms with Crippen molar-refractivity contribution in [2.75, 3.05) is 36.2 Å². The maximum Gasteiger partial charge on any atom is 0.224 e. The number of anilines is 4. The molecule has 0 unspecified atom stereocenters. The number of rotatable bonds is 5. The van der Waals surface area contributed by atoms with Crippen LogP contribution in [0.5, 0.6) is 0 Å². The summed E-state index contributed by atoms with van der Waals surface area (Å²) in [5, 5.41) is 6.43. The highest BCUT2D eigenvalue weighted by molar-refractivity contribution is 5.61. The summed E-state index contributed by atoms with van der Waals surface area (Å²) >= 11 is 0. The van der Waals surface area contributed by atoms with Crippen LogP contribution >= 0.6 is 0 Å². The van der Waals surface area contributed by atoms with Crippen molar-refractivity contribution in [3.63, 3.8) is 0 Å². The summed E-state index contributed by atoms with van der Waals surface area (Å²) in [6, 6.07) is 10.2. The number of aryl methyl sites for hydroxylation is 1. The molecule has 0 atom stereocenters. The van der Waals surface area contributed by atoms with Crippen LogP contribution in [0.25, 0.3) is 0 Å². The van der Waals surface area contributed by atoms with Crippen LogP contribution in [-0.4, -0.2) is 30.6 Å². The summed E-state index contributed by atoms with van der Waals surface area (Å²) in [4.78, 5) is 10.8. The second-order valence-corrected chi connectivity index (χ2v) is 4.81. The molecule has 106 valence electrons. The van der Waals surface area contributed by atoms with E-state index in [-0.39, 0.29) is 0 Å². The second kappa shape index (κ2) is 6.23. The standard InChI is InChI=1S/C15H21N5/c1-5-16-15-17-11(2)10-14(19-15)18-12-6-8-13(9-7-12)20(3)4/h6-10H,5H2,1-4H3,(H2,16,17,18,19). The molecule has 0 radical (unpaired) electrons. The average Bonchev–Trinajstić information content (AvgIpc) is 2.39. The predicted molar refractivity (Wildman–Crippen MR) is 85.0 cm³/mol. The van der Waals surface area contributed by atoms with E-state index in [2.05, 4.69) is 37.6 Å². The van der Waals surface area contributed by atoms with Gasteiger partial charge in [-0.3, -0.25) is 0 Å². The van der Waals surface area contributed by atoms with Gasteiger partial charge in [0, 0.05) is 43.8 Å². The van der Waals surface area contributed by atoms with Gasteiger partial charge in [0.25, 0.3) is 0 Å². The molecule has 5 nitrogen and oxygen atoms in total. The largest absolute Gasteiger partial charge is 0.378 e. The second-order valence-electron chi connectivity index (χ2n) is 4.81. The van der Waals surface area contributed by atoms with Gasteiger partial charge in [-0.1, -0.05) is 0 Å². The summed E-state index contributed by atoms with van der Waals surface area (Å²) in [7, 11) is 4.05. The Labute approximate surface area is 120 Å². The Kier molecular flexibility index (Phi) is 4.40. The fourth-order valence-electron chi connectivity index (χ4n) is 1.86. The molecule has 2 aromatic rings. The first-order valence-corrected chi connectivity index (χ1v) is 6.72. The highest BCUT2D eigenvalue weighted by Crippen LogP contribution is 2.20. The molecule has 0 aliphatic heterocycles. The maximum atomic E-state index is 4.43. The molecular weight excluding hydrogens is 250 g/mol. The number of hydrogen-bond donors (Lipinski definition) is 2. The fourth-order valence-corrected chi connectivity index (χ4v) is 1.86. The molecule has 0 aliphatic rings. The lowest BCUT2D eigenvalue weighted by Crippen LogP contribution is -2.08. The molecule has 0 fully saturated rings. The SMILES string of the molecule is CCNc1nc(C)cc(Nc2ccc(N(C)C)cc2)n1. The monoisotopic (exact) mass is 271 g/mol. The molecule has 20 heavy (non-hydrogen) atoms. The third-order valence-corrected chi connectivity index (χ3v) is 2.85. The third-order valence-electron chi connectivity index (χ3n) is 2.85. The van der Waals surface area contributed by atoms with Gasteiger partial charge in [-0.25, -0.2) is 4.98 Å². The number of hydrogen-bond acceptors (Lipinski definition) is 5. The van der Waals surface area contributed by atoms with Gasteiger partial charge in [0.05, 0.1) is 0 Å². The minimum atomic E-state index is 0.653. The molecule has 0 aliphatic carbocycles. The topological polar surface area (TPSA) is 53.1 Å². The van der Waals surface area contributed by atoms with Crippen molar-refractivity contribution in [1.82, 2.24) is 9.97 Å². The lowest BCUT2D eigenvalue weighted by atomic mass is 10.2. The average molecular weight is 271 g/mol. The van der Waals surface area contributed by atoms with Gasteiger partial charge in [0.15, 0.2) is 0 Å². The van der Waals surface area contributed by atoms with E-state index in [0.29, 0.717) is 5.95 Å². The molecule has 1 aromatic heterocycles. The van der Waals surface area contributed by atoms with Gasteiger partial charge in [0.2, 0.25) is 5.95 Å². The van der Waals surface area contributed by atoms with Crippen LogP contribution < -0.4 is 15.5 Å². The molecular formula is C15H21N5. The van der Waals surface area contributed by atoms with Gasteiger partial charge >= 0.3 is 0 Å². The van der Waals surface area contributed by atoms with E-state index in [1.807, 2.05) is 46.1 Å². The number of nitrogens with one attached hydrogen (secondary N) is 2. The van der Waals surface area contributed by atoms with E-state index < -0.39 is 0 Å².